The molecule has 0 aliphatic carbocycles. The summed E-state index contributed by atoms with van der Waals surface area (Å²) in [7, 11) is 2.68. The van der Waals surface area contributed by atoms with Crippen LogP contribution in [0.5, 0.6) is 11.5 Å². The zero-order chi connectivity index (χ0) is 22.3. The van der Waals surface area contributed by atoms with Crippen molar-refractivity contribution >= 4 is 23.7 Å². The molecule has 1 atom stereocenters. The van der Waals surface area contributed by atoms with Crippen LogP contribution in [0.4, 0.5) is 0 Å². The molecular formula is C21H22N2O6S. The Bertz CT molecular complexity index is 961. The summed E-state index contributed by atoms with van der Waals surface area (Å²) < 4.78 is 15.1. The molecule has 1 aromatic rings. The summed E-state index contributed by atoms with van der Waals surface area (Å²) in [6.45, 7) is 5.23. The molecule has 0 saturated carbocycles. The Hall–Kier alpha value is -3.38. The van der Waals surface area contributed by atoms with Crippen LogP contribution in [-0.2, 0) is 19.1 Å². The first-order valence-corrected chi connectivity index (χ1v) is 9.83. The van der Waals surface area contributed by atoms with Crippen molar-refractivity contribution < 1.29 is 28.9 Å². The van der Waals surface area contributed by atoms with Crippen LogP contribution >= 0.6 is 11.8 Å². The fourth-order valence-corrected chi connectivity index (χ4v) is 3.83. The van der Waals surface area contributed by atoms with Gasteiger partial charge in [0.25, 0.3) is 0 Å². The third kappa shape index (κ3) is 4.96. The number of aromatic hydroxyl groups is 1. The van der Waals surface area contributed by atoms with Crippen molar-refractivity contribution in [3.05, 3.63) is 58.3 Å². The van der Waals surface area contributed by atoms with Gasteiger partial charge < -0.3 is 24.6 Å². The number of allylic oxidation sites excluding steroid dienone is 2. The number of phenols is 1. The molecule has 0 aromatic heterocycles. The number of ether oxygens (including phenoxy) is 3. The van der Waals surface area contributed by atoms with Gasteiger partial charge in [0.2, 0.25) is 0 Å². The van der Waals surface area contributed by atoms with Crippen molar-refractivity contribution in [2.24, 2.45) is 0 Å². The number of thioether (sulfide) groups is 1. The number of carbonyl (C=O) groups excluding carboxylic acids is 2. The van der Waals surface area contributed by atoms with E-state index in [9.17, 15) is 20.0 Å². The lowest BCUT2D eigenvalue weighted by atomic mass is 9.82. The highest BCUT2D eigenvalue weighted by molar-refractivity contribution is 8.03. The van der Waals surface area contributed by atoms with Gasteiger partial charge in [-0.1, -0.05) is 30.5 Å². The highest BCUT2D eigenvalue weighted by atomic mass is 32.2. The summed E-state index contributed by atoms with van der Waals surface area (Å²) in [5.41, 5.74) is 1.49. The van der Waals surface area contributed by atoms with Gasteiger partial charge in [-0.15, -0.1) is 0 Å². The number of hydrogen-bond donors (Lipinski definition) is 2. The van der Waals surface area contributed by atoms with Crippen molar-refractivity contribution in [2.75, 3.05) is 26.6 Å². The maximum absolute atomic E-state index is 12.8. The number of esters is 2. The summed E-state index contributed by atoms with van der Waals surface area (Å²) in [6.07, 6.45) is 1.45. The van der Waals surface area contributed by atoms with Crippen LogP contribution in [0.25, 0.3) is 0 Å². The summed E-state index contributed by atoms with van der Waals surface area (Å²) in [5, 5.41) is 23.3. The molecule has 1 aromatic carbocycles. The monoisotopic (exact) mass is 430 g/mol. The zero-order valence-corrected chi connectivity index (χ0v) is 17.7. The quantitative estimate of drug-likeness (QED) is 0.474. The normalized spacial score (nSPS) is 15.7. The predicted molar refractivity (Wildman–Crippen MR) is 112 cm³/mol. The molecule has 2 rings (SSSR count). The first kappa shape index (κ1) is 22.9. The van der Waals surface area contributed by atoms with Crippen molar-refractivity contribution in [1.29, 1.82) is 5.26 Å². The Morgan fingerprint density at radius 3 is 2.73 bits per heavy atom. The molecular weight excluding hydrogens is 408 g/mol. The maximum Gasteiger partial charge on any atom is 0.337 e. The summed E-state index contributed by atoms with van der Waals surface area (Å²) in [4.78, 5) is 24.4. The second-order valence-corrected chi connectivity index (χ2v) is 7.12. The van der Waals surface area contributed by atoms with E-state index >= 15 is 0 Å². The molecule has 158 valence electrons. The van der Waals surface area contributed by atoms with E-state index in [2.05, 4.69) is 22.7 Å². The van der Waals surface area contributed by atoms with Gasteiger partial charge in [-0.05, 0) is 24.6 Å². The van der Waals surface area contributed by atoms with Gasteiger partial charge in [0.1, 0.15) is 6.61 Å². The fourth-order valence-electron chi connectivity index (χ4n) is 2.91. The van der Waals surface area contributed by atoms with E-state index in [-0.39, 0.29) is 35.0 Å². The van der Waals surface area contributed by atoms with Crippen molar-refractivity contribution in [3.63, 3.8) is 0 Å². The van der Waals surface area contributed by atoms with Crippen LogP contribution in [-0.4, -0.2) is 43.6 Å². The van der Waals surface area contributed by atoms with Gasteiger partial charge in [-0.2, -0.15) is 5.26 Å². The standard InChI is InChI=1S/C21H22N2O6S/c1-5-8-29-21(26)18-12(2)23-20(30-11-17(25)28-4)14(10-22)19(18)13-6-7-15(24)16(9-13)27-3/h5-7,9,19,23-24H,1,8,11H2,2-4H3. The van der Waals surface area contributed by atoms with Crippen LogP contribution in [0.3, 0.4) is 0 Å². The molecule has 1 aliphatic heterocycles. The summed E-state index contributed by atoms with van der Waals surface area (Å²) in [6, 6.07) is 6.72. The van der Waals surface area contributed by atoms with Gasteiger partial charge in [0.05, 0.1) is 48.1 Å². The molecule has 0 amide bonds. The minimum Gasteiger partial charge on any atom is -0.504 e. The lowest BCUT2D eigenvalue weighted by molar-refractivity contribution is -0.138. The van der Waals surface area contributed by atoms with E-state index in [1.165, 1.54) is 26.4 Å². The number of carbonyl (C=O) groups is 2. The van der Waals surface area contributed by atoms with E-state index in [0.29, 0.717) is 16.3 Å². The molecule has 0 fully saturated rings. The van der Waals surface area contributed by atoms with E-state index in [1.807, 2.05) is 0 Å². The molecule has 0 radical (unpaired) electrons. The lowest BCUT2D eigenvalue weighted by Crippen LogP contribution is -2.29. The number of nitriles is 1. The third-order valence-electron chi connectivity index (χ3n) is 4.30. The second kappa shape index (κ2) is 10.4. The van der Waals surface area contributed by atoms with E-state index in [4.69, 9.17) is 9.47 Å². The highest BCUT2D eigenvalue weighted by Crippen LogP contribution is 2.43. The summed E-state index contributed by atoms with van der Waals surface area (Å²) in [5.74, 6) is -1.74. The Labute approximate surface area is 178 Å². The van der Waals surface area contributed by atoms with Gasteiger partial charge >= 0.3 is 11.9 Å². The Kier molecular flexibility index (Phi) is 7.95. The molecule has 0 spiro atoms. The minimum atomic E-state index is -0.789. The average Bonchev–Trinajstić information content (AvgIpc) is 2.75. The predicted octanol–water partition coefficient (Wildman–Crippen LogP) is 2.73. The Balaban J connectivity index is 2.60. The molecule has 1 aliphatic rings. The van der Waals surface area contributed by atoms with Crippen LogP contribution < -0.4 is 10.1 Å². The van der Waals surface area contributed by atoms with Crippen LogP contribution in [0, 0.1) is 11.3 Å². The fraction of sp³-hybridized carbons (Fsp3) is 0.286. The molecule has 1 unspecified atom stereocenters. The van der Waals surface area contributed by atoms with Crippen molar-refractivity contribution in [1.82, 2.24) is 5.32 Å². The van der Waals surface area contributed by atoms with Crippen LogP contribution in [0.15, 0.2) is 52.7 Å². The van der Waals surface area contributed by atoms with Gasteiger partial charge in [0.15, 0.2) is 11.5 Å². The minimum absolute atomic E-state index is 0.0107. The average molecular weight is 430 g/mol. The molecule has 0 bridgehead atoms. The zero-order valence-electron chi connectivity index (χ0n) is 16.9. The number of phenolic OH excluding ortho intramolecular Hbond substituents is 1. The maximum atomic E-state index is 12.8. The van der Waals surface area contributed by atoms with Crippen LogP contribution in [0.1, 0.15) is 18.4 Å². The molecule has 8 nitrogen and oxygen atoms in total. The van der Waals surface area contributed by atoms with Crippen LogP contribution in [0.2, 0.25) is 0 Å². The SMILES string of the molecule is C=CCOC(=O)C1=C(C)NC(SCC(=O)OC)=C(C#N)C1c1ccc(O)c(OC)c1. The van der Waals surface area contributed by atoms with E-state index in [1.54, 1.807) is 19.1 Å². The van der Waals surface area contributed by atoms with Gasteiger partial charge in [-0.25, -0.2) is 4.79 Å². The molecule has 2 N–H and O–H groups in total. The number of benzene rings is 1. The lowest BCUT2D eigenvalue weighted by Gasteiger charge is -2.29. The topological polar surface area (TPSA) is 118 Å². The number of rotatable bonds is 8. The van der Waals surface area contributed by atoms with E-state index in [0.717, 1.165) is 11.8 Å². The number of methoxy groups -OCH3 is 2. The van der Waals surface area contributed by atoms with Gasteiger partial charge in [0, 0.05) is 5.70 Å². The van der Waals surface area contributed by atoms with Gasteiger partial charge in [-0.3, -0.25) is 4.79 Å². The number of nitrogens with one attached hydrogen (secondary N) is 1. The van der Waals surface area contributed by atoms with E-state index < -0.39 is 17.9 Å². The van der Waals surface area contributed by atoms with Crippen molar-refractivity contribution in [3.8, 4) is 17.6 Å². The molecule has 1 heterocycles. The Morgan fingerprint density at radius 1 is 1.40 bits per heavy atom. The molecule has 9 heteroatoms. The summed E-state index contributed by atoms with van der Waals surface area (Å²) >= 11 is 1.10. The smallest absolute Gasteiger partial charge is 0.337 e. The molecule has 30 heavy (non-hydrogen) atoms. The molecule has 0 saturated heterocycles. The highest BCUT2D eigenvalue weighted by Gasteiger charge is 2.36. The second-order valence-electron chi connectivity index (χ2n) is 6.13. The first-order valence-electron chi connectivity index (χ1n) is 8.84. The Morgan fingerprint density at radius 2 is 2.13 bits per heavy atom. The van der Waals surface area contributed by atoms with Crippen molar-refractivity contribution in [2.45, 2.75) is 12.8 Å². The number of dihydropyridines is 1. The largest absolute Gasteiger partial charge is 0.504 e. The number of nitrogens with zero attached hydrogens (tertiary/aromatic N) is 1. The first-order chi connectivity index (χ1) is 14.4. The third-order valence-corrected chi connectivity index (χ3v) is 5.29. The number of hydrogen-bond acceptors (Lipinski definition) is 9.